The van der Waals surface area contributed by atoms with Crippen LogP contribution in [0.3, 0.4) is 0 Å². The van der Waals surface area contributed by atoms with Crippen LogP contribution >= 0.6 is 0 Å². The highest BCUT2D eigenvalue weighted by Gasteiger charge is 2.13. The quantitative estimate of drug-likeness (QED) is 0.545. The molecule has 0 aliphatic rings. The molecule has 0 aromatic heterocycles. The van der Waals surface area contributed by atoms with E-state index in [-0.39, 0.29) is 13.0 Å². The van der Waals surface area contributed by atoms with Crippen LogP contribution in [0.1, 0.15) is 31.7 Å². The number of hydrogen-bond acceptors (Lipinski definition) is 4. The standard InChI is InChI=1S/C15H23NO4S/c1-4-5-6-13-7-9-14(10-8-13)20-15(17)11-12-16(2)21(3,18)19/h7-10H,4-6,11-12H2,1-3H3. The molecule has 0 spiro atoms. The number of benzene rings is 1. The van der Waals surface area contributed by atoms with E-state index in [9.17, 15) is 13.2 Å². The summed E-state index contributed by atoms with van der Waals surface area (Å²) >= 11 is 0. The number of esters is 1. The lowest BCUT2D eigenvalue weighted by molar-refractivity contribution is -0.134. The largest absolute Gasteiger partial charge is 0.426 e. The lowest BCUT2D eigenvalue weighted by atomic mass is 10.1. The number of nitrogens with zero attached hydrogens (tertiary/aromatic N) is 1. The molecule has 0 saturated carbocycles. The van der Waals surface area contributed by atoms with Gasteiger partial charge in [-0.3, -0.25) is 4.79 Å². The molecule has 0 amide bonds. The minimum absolute atomic E-state index is 0.0289. The van der Waals surface area contributed by atoms with Gasteiger partial charge in [0, 0.05) is 13.6 Å². The number of carbonyl (C=O) groups is 1. The normalized spacial score (nSPS) is 11.6. The number of unbranched alkanes of at least 4 members (excludes halogenated alkanes) is 1. The molecule has 21 heavy (non-hydrogen) atoms. The van der Waals surface area contributed by atoms with Crippen molar-refractivity contribution in [2.45, 2.75) is 32.6 Å². The van der Waals surface area contributed by atoms with Gasteiger partial charge in [-0.15, -0.1) is 0 Å². The van der Waals surface area contributed by atoms with Gasteiger partial charge in [-0.2, -0.15) is 0 Å². The van der Waals surface area contributed by atoms with Gasteiger partial charge in [-0.25, -0.2) is 12.7 Å². The molecule has 0 fully saturated rings. The highest BCUT2D eigenvalue weighted by atomic mass is 32.2. The average Bonchev–Trinajstić information content (AvgIpc) is 2.43. The van der Waals surface area contributed by atoms with Gasteiger partial charge in [0.05, 0.1) is 12.7 Å². The fourth-order valence-corrected chi connectivity index (χ4v) is 2.13. The molecule has 0 unspecified atom stereocenters. The molecule has 1 rings (SSSR count). The van der Waals surface area contributed by atoms with Crippen molar-refractivity contribution in [2.75, 3.05) is 19.8 Å². The maximum atomic E-state index is 11.7. The van der Waals surface area contributed by atoms with Crippen molar-refractivity contribution in [1.29, 1.82) is 0 Å². The van der Waals surface area contributed by atoms with Gasteiger partial charge in [0.15, 0.2) is 0 Å². The van der Waals surface area contributed by atoms with E-state index in [1.807, 2.05) is 12.1 Å². The molecule has 1 aromatic carbocycles. The summed E-state index contributed by atoms with van der Waals surface area (Å²) < 4.78 is 28.7. The first kappa shape index (κ1) is 17.7. The van der Waals surface area contributed by atoms with Crippen molar-refractivity contribution >= 4 is 16.0 Å². The summed E-state index contributed by atoms with van der Waals surface area (Å²) in [5, 5.41) is 0. The zero-order valence-electron chi connectivity index (χ0n) is 12.8. The number of rotatable bonds is 8. The summed E-state index contributed by atoms with van der Waals surface area (Å²) in [7, 11) is -1.82. The minimum atomic E-state index is -3.26. The van der Waals surface area contributed by atoms with Gasteiger partial charge in [-0.05, 0) is 30.5 Å². The molecule has 118 valence electrons. The van der Waals surface area contributed by atoms with Crippen molar-refractivity contribution in [3.63, 3.8) is 0 Å². The molecule has 0 bridgehead atoms. The van der Waals surface area contributed by atoms with Crippen LogP contribution in [0.5, 0.6) is 5.75 Å². The summed E-state index contributed by atoms with van der Waals surface area (Å²) in [5.74, 6) is 0.0501. The van der Waals surface area contributed by atoms with Gasteiger partial charge in [0.25, 0.3) is 0 Å². The van der Waals surface area contributed by atoms with Crippen LogP contribution in [0.2, 0.25) is 0 Å². The maximum Gasteiger partial charge on any atom is 0.312 e. The van der Waals surface area contributed by atoms with E-state index in [2.05, 4.69) is 6.92 Å². The van der Waals surface area contributed by atoms with Crippen molar-refractivity contribution in [3.05, 3.63) is 29.8 Å². The smallest absolute Gasteiger partial charge is 0.312 e. The maximum absolute atomic E-state index is 11.7. The van der Waals surface area contributed by atoms with E-state index in [4.69, 9.17) is 4.74 Å². The Kier molecular flexibility index (Phi) is 6.84. The zero-order valence-corrected chi connectivity index (χ0v) is 13.6. The van der Waals surface area contributed by atoms with E-state index in [1.54, 1.807) is 12.1 Å². The van der Waals surface area contributed by atoms with Crippen LogP contribution in [0, 0.1) is 0 Å². The average molecular weight is 313 g/mol. The van der Waals surface area contributed by atoms with Crippen LogP contribution in [0.4, 0.5) is 0 Å². The second kappa shape index (κ2) is 8.14. The predicted octanol–water partition coefficient (Wildman–Crippen LogP) is 2.22. The van der Waals surface area contributed by atoms with Gasteiger partial charge < -0.3 is 4.74 Å². The van der Waals surface area contributed by atoms with E-state index in [0.717, 1.165) is 29.8 Å². The number of ether oxygens (including phenoxy) is 1. The van der Waals surface area contributed by atoms with Crippen LogP contribution in [0.25, 0.3) is 0 Å². The van der Waals surface area contributed by atoms with Crippen LogP contribution in [-0.2, 0) is 21.2 Å². The highest BCUT2D eigenvalue weighted by Crippen LogP contribution is 2.14. The topological polar surface area (TPSA) is 63.7 Å². The van der Waals surface area contributed by atoms with Crippen molar-refractivity contribution in [3.8, 4) is 5.75 Å². The highest BCUT2D eigenvalue weighted by molar-refractivity contribution is 7.88. The Morgan fingerprint density at radius 3 is 2.38 bits per heavy atom. The third kappa shape index (κ3) is 6.73. The molecule has 0 radical (unpaired) electrons. The van der Waals surface area contributed by atoms with Crippen LogP contribution in [0.15, 0.2) is 24.3 Å². The molecule has 0 atom stereocenters. The minimum Gasteiger partial charge on any atom is -0.426 e. The van der Waals surface area contributed by atoms with Gasteiger partial charge in [-0.1, -0.05) is 25.5 Å². The van der Waals surface area contributed by atoms with Gasteiger partial charge in [0.1, 0.15) is 5.75 Å². The Labute approximate surface area is 127 Å². The van der Waals surface area contributed by atoms with Crippen molar-refractivity contribution in [1.82, 2.24) is 4.31 Å². The van der Waals surface area contributed by atoms with E-state index < -0.39 is 16.0 Å². The summed E-state index contributed by atoms with van der Waals surface area (Å²) in [6.45, 7) is 2.26. The van der Waals surface area contributed by atoms with Gasteiger partial charge in [0.2, 0.25) is 10.0 Å². The third-order valence-electron chi connectivity index (χ3n) is 3.17. The monoisotopic (exact) mass is 313 g/mol. The molecular formula is C15H23NO4S. The Balaban J connectivity index is 2.44. The molecule has 0 heterocycles. The molecule has 1 aromatic rings. The molecular weight excluding hydrogens is 290 g/mol. The summed E-state index contributed by atoms with van der Waals surface area (Å²) in [4.78, 5) is 11.7. The lowest BCUT2D eigenvalue weighted by Gasteiger charge is -2.13. The molecule has 0 saturated heterocycles. The summed E-state index contributed by atoms with van der Waals surface area (Å²) in [6, 6.07) is 7.42. The number of aryl methyl sites for hydroxylation is 1. The number of sulfonamides is 1. The van der Waals surface area contributed by atoms with Crippen LogP contribution in [-0.4, -0.2) is 38.5 Å². The second-order valence-corrected chi connectivity index (χ2v) is 7.15. The SMILES string of the molecule is CCCCc1ccc(OC(=O)CCN(C)S(C)(=O)=O)cc1. The molecule has 0 N–H and O–H groups in total. The predicted molar refractivity (Wildman–Crippen MR) is 82.8 cm³/mol. The first-order chi connectivity index (χ1) is 9.82. The zero-order chi connectivity index (χ0) is 15.9. The third-order valence-corrected chi connectivity index (χ3v) is 4.49. The molecule has 5 nitrogen and oxygen atoms in total. The molecule has 6 heteroatoms. The van der Waals surface area contributed by atoms with E-state index in [0.29, 0.717) is 5.75 Å². The molecule has 0 aliphatic carbocycles. The van der Waals surface area contributed by atoms with E-state index >= 15 is 0 Å². The number of carbonyl (C=O) groups excluding carboxylic acids is 1. The Hall–Kier alpha value is -1.40. The Bertz CT molecular complexity index is 552. The first-order valence-electron chi connectivity index (χ1n) is 7.04. The fourth-order valence-electron chi connectivity index (χ4n) is 1.70. The van der Waals surface area contributed by atoms with Crippen molar-refractivity contribution in [2.24, 2.45) is 0 Å². The second-order valence-electron chi connectivity index (χ2n) is 5.06. The van der Waals surface area contributed by atoms with E-state index in [1.165, 1.54) is 12.6 Å². The fraction of sp³-hybridized carbons (Fsp3) is 0.533. The number of hydrogen-bond donors (Lipinski definition) is 0. The van der Waals surface area contributed by atoms with Crippen molar-refractivity contribution < 1.29 is 17.9 Å². The van der Waals surface area contributed by atoms with Crippen LogP contribution < -0.4 is 4.74 Å². The molecule has 0 aliphatic heterocycles. The first-order valence-corrected chi connectivity index (χ1v) is 8.88. The Morgan fingerprint density at radius 1 is 1.24 bits per heavy atom. The Morgan fingerprint density at radius 2 is 1.86 bits per heavy atom. The lowest BCUT2D eigenvalue weighted by Crippen LogP contribution is -2.28. The summed E-state index contributed by atoms with van der Waals surface area (Å²) in [5.41, 5.74) is 1.22. The van der Waals surface area contributed by atoms with Gasteiger partial charge >= 0.3 is 5.97 Å². The summed E-state index contributed by atoms with van der Waals surface area (Å²) in [6.07, 6.45) is 4.43.